The molecule has 0 amide bonds. The molecule has 7 heteroatoms. The molecule has 0 bridgehead atoms. The van der Waals surface area contributed by atoms with Crippen LogP contribution >= 0.6 is 11.6 Å². The number of benzene rings is 1. The molecule has 0 aliphatic carbocycles. The van der Waals surface area contributed by atoms with Crippen LogP contribution in [0.1, 0.15) is 24.8 Å². The maximum atomic E-state index is 6.22. The van der Waals surface area contributed by atoms with Gasteiger partial charge in [-0.15, -0.1) is 0 Å². The maximum absolute atomic E-state index is 6.22. The average Bonchev–Trinajstić information content (AvgIpc) is 3.43. The molecule has 1 N–H and O–H groups in total. The van der Waals surface area contributed by atoms with Gasteiger partial charge in [0, 0.05) is 57.1 Å². The number of aliphatic imine (C=N–C) groups is 1. The van der Waals surface area contributed by atoms with Gasteiger partial charge in [0.25, 0.3) is 0 Å². The Bertz CT molecular complexity index is 723. The van der Waals surface area contributed by atoms with Crippen molar-refractivity contribution in [1.82, 2.24) is 10.2 Å². The van der Waals surface area contributed by atoms with Crippen molar-refractivity contribution in [3.63, 3.8) is 0 Å². The average molecular weight is 421 g/mol. The van der Waals surface area contributed by atoms with Crippen LogP contribution in [0.25, 0.3) is 0 Å². The van der Waals surface area contributed by atoms with Crippen molar-refractivity contribution < 1.29 is 9.47 Å². The highest BCUT2D eigenvalue weighted by atomic mass is 35.5. The van der Waals surface area contributed by atoms with Crippen molar-refractivity contribution in [3.8, 4) is 0 Å². The van der Waals surface area contributed by atoms with E-state index in [2.05, 4.69) is 39.2 Å². The van der Waals surface area contributed by atoms with Crippen molar-refractivity contribution in [3.05, 3.63) is 28.8 Å². The molecule has 29 heavy (non-hydrogen) atoms. The normalized spacial score (nSPS) is 28.2. The molecule has 0 spiro atoms. The third kappa shape index (κ3) is 4.98. The number of ether oxygens (including phenoxy) is 2. The Kier molecular flexibility index (Phi) is 6.83. The van der Waals surface area contributed by atoms with Gasteiger partial charge in [0.1, 0.15) is 6.10 Å². The molecule has 0 saturated carbocycles. The summed E-state index contributed by atoms with van der Waals surface area (Å²) in [4.78, 5) is 9.32. The zero-order valence-electron chi connectivity index (χ0n) is 17.6. The van der Waals surface area contributed by atoms with Gasteiger partial charge in [0.15, 0.2) is 5.96 Å². The lowest BCUT2D eigenvalue weighted by Crippen LogP contribution is -2.53. The maximum Gasteiger partial charge on any atom is 0.193 e. The highest BCUT2D eigenvalue weighted by Crippen LogP contribution is 2.29. The Morgan fingerprint density at radius 2 is 2.03 bits per heavy atom. The standard InChI is InChI=1S/C22H33ClN4O2/c1-16-5-6-18(23)12-19(16)26-8-7-17(14-26)13-25-22(24-2)27-9-11-29-21(15-27)20-4-3-10-28-20/h5-6,12,17,20-21H,3-4,7-11,13-15H2,1-2H3,(H,24,25). The fraction of sp³-hybridized carbons (Fsp3) is 0.682. The van der Waals surface area contributed by atoms with E-state index in [4.69, 9.17) is 21.1 Å². The van der Waals surface area contributed by atoms with Crippen molar-refractivity contribution in [2.45, 2.75) is 38.4 Å². The van der Waals surface area contributed by atoms with Crippen molar-refractivity contribution in [1.29, 1.82) is 0 Å². The first-order valence-electron chi connectivity index (χ1n) is 10.8. The molecule has 0 radical (unpaired) electrons. The minimum Gasteiger partial charge on any atom is -0.375 e. The van der Waals surface area contributed by atoms with Crippen molar-refractivity contribution >= 4 is 23.2 Å². The minimum atomic E-state index is 0.151. The van der Waals surface area contributed by atoms with E-state index in [0.717, 1.165) is 69.8 Å². The predicted molar refractivity (Wildman–Crippen MR) is 118 cm³/mol. The first kappa shape index (κ1) is 20.8. The van der Waals surface area contributed by atoms with Crippen molar-refractivity contribution in [2.75, 3.05) is 57.9 Å². The van der Waals surface area contributed by atoms with Crippen LogP contribution in [0, 0.1) is 12.8 Å². The first-order valence-corrected chi connectivity index (χ1v) is 11.2. The van der Waals surface area contributed by atoms with E-state index in [-0.39, 0.29) is 12.2 Å². The van der Waals surface area contributed by atoms with Gasteiger partial charge in [-0.25, -0.2) is 0 Å². The van der Waals surface area contributed by atoms with E-state index < -0.39 is 0 Å². The van der Waals surface area contributed by atoms with Crippen LogP contribution in [0.2, 0.25) is 5.02 Å². The summed E-state index contributed by atoms with van der Waals surface area (Å²) in [5, 5.41) is 4.42. The molecular weight excluding hydrogens is 388 g/mol. The lowest BCUT2D eigenvalue weighted by Gasteiger charge is -2.37. The molecule has 3 fully saturated rings. The first-order chi connectivity index (χ1) is 14.1. The number of anilines is 1. The van der Waals surface area contributed by atoms with Crippen LogP contribution in [0.15, 0.2) is 23.2 Å². The summed E-state index contributed by atoms with van der Waals surface area (Å²) in [6.45, 7) is 8.53. The predicted octanol–water partition coefficient (Wildman–Crippen LogP) is 2.93. The van der Waals surface area contributed by atoms with Crippen LogP contribution in [0.5, 0.6) is 0 Å². The summed E-state index contributed by atoms with van der Waals surface area (Å²) in [6, 6.07) is 6.16. The molecule has 0 aromatic heterocycles. The molecule has 3 heterocycles. The highest BCUT2D eigenvalue weighted by molar-refractivity contribution is 6.30. The Morgan fingerprint density at radius 1 is 1.17 bits per heavy atom. The molecule has 3 unspecified atom stereocenters. The molecule has 6 nitrogen and oxygen atoms in total. The van der Waals surface area contributed by atoms with Gasteiger partial charge >= 0.3 is 0 Å². The molecule has 1 aromatic carbocycles. The molecule has 1 aromatic rings. The van der Waals surface area contributed by atoms with E-state index in [1.807, 2.05) is 13.1 Å². The third-order valence-corrected chi connectivity index (χ3v) is 6.57. The Labute approximate surface area is 179 Å². The number of aryl methyl sites for hydroxylation is 1. The largest absolute Gasteiger partial charge is 0.375 e. The van der Waals surface area contributed by atoms with Crippen LogP contribution < -0.4 is 10.2 Å². The van der Waals surface area contributed by atoms with Gasteiger partial charge in [0.2, 0.25) is 0 Å². The number of hydrogen-bond donors (Lipinski definition) is 1. The van der Waals surface area contributed by atoms with E-state index in [1.54, 1.807) is 0 Å². The van der Waals surface area contributed by atoms with Crippen LogP contribution in [0.3, 0.4) is 0 Å². The Hall–Kier alpha value is -1.50. The molecule has 3 atom stereocenters. The van der Waals surface area contributed by atoms with E-state index >= 15 is 0 Å². The fourth-order valence-electron chi connectivity index (χ4n) is 4.70. The molecule has 3 saturated heterocycles. The lowest BCUT2D eigenvalue weighted by molar-refractivity contribution is -0.0817. The molecule has 3 aliphatic rings. The van der Waals surface area contributed by atoms with Gasteiger partial charge in [-0.1, -0.05) is 17.7 Å². The van der Waals surface area contributed by atoms with Gasteiger partial charge < -0.3 is 24.6 Å². The van der Waals surface area contributed by atoms with Crippen LogP contribution in [-0.2, 0) is 9.47 Å². The summed E-state index contributed by atoms with van der Waals surface area (Å²) in [7, 11) is 1.87. The monoisotopic (exact) mass is 420 g/mol. The molecular formula is C22H33ClN4O2. The topological polar surface area (TPSA) is 49.3 Å². The second kappa shape index (κ2) is 9.54. The number of nitrogens with zero attached hydrogens (tertiary/aromatic N) is 3. The highest BCUT2D eigenvalue weighted by Gasteiger charge is 2.32. The van der Waals surface area contributed by atoms with Gasteiger partial charge in [0.05, 0.1) is 12.7 Å². The molecule has 4 rings (SSSR count). The summed E-state index contributed by atoms with van der Waals surface area (Å²) >= 11 is 6.22. The lowest BCUT2D eigenvalue weighted by atomic mass is 10.1. The Morgan fingerprint density at radius 3 is 2.83 bits per heavy atom. The second-order valence-electron chi connectivity index (χ2n) is 8.37. The zero-order valence-corrected chi connectivity index (χ0v) is 18.3. The third-order valence-electron chi connectivity index (χ3n) is 6.33. The van der Waals surface area contributed by atoms with Crippen LogP contribution in [-0.4, -0.2) is 76.1 Å². The Balaban J connectivity index is 1.29. The summed E-state index contributed by atoms with van der Waals surface area (Å²) in [5.74, 6) is 1.58. The number of halogens is 1. The van der Waals surface area contributed by atoms with Crippen molar-refractivity contribution in [2.24, 2.45) is 10.9 Å². The van der Waals surface area contributed by atoms with E-state index in [9.17, 15) is 0 Å². The number of rotatable bonds is 4. The van der Waals surface area contributed by atoms with Gasteiger partial charge in [-0.3, -0.25) is 4.99 Å². The molecule has 160 valence electrons. The number of nitrogens with one attached hydrogen (secondary N) is 1. The SMILES string of the molecule is CN=C(NCC1CCN(c2cc(Cl)ccc2C)C1)N1CCOC(C2CCCO2)C1. The number of guanidine groups is 1. The second-order valence-corrected chi connectivity index (χ2v) is 8.80. The minimum absolute atomic E-state index is 0.151. The van der Waals surface area contributed by atoms with Gasteiger partial charge in [-0.05, 0) is 49.8 Å². The van der Waals surface area contributed by atoms with E-state index in [1.165, 1.54) is 17.7 Å². The van der Waals surface area contributed by atoms with Gasteiger partial charge in [-0.2, -0.15) is 0 Å². The smallest absolute Gasteiger partial charge is 0.193 e. The van der Waals surface area contributed by atoms with Crippen LogP contribution in [0.4, 0.5) is 5.69 Å². The zero-order chi connectivity index (χ0) is 20.2. The number of hydrogen-bond acceptors (Lipinski definition) is 4. The number of morpholine rings is 1. The van der Waals surface area contributed by atoms with E-state index in [0.29, 0.717) is 5.92 Å². The fourth-order valence-corrected chi connectivity index (χ4v) is 4.86. The summed E-state index contributed by atoms with van der Waals surface area (Å²) < 4.78 is 11.8. The summed E-state index contributed by atoms with van der Waals surface area (Å²) in [5.41, 5.74) is 2.55. The quantitative estimate of drug-likeness (QED) is 0.599. The molecule has 3 aliphatic heterocycles. The summed E-state index contributed by atoms with van der Waals surface area (Å²) in [6.07, 6.45) is 3.81.